The lowest BCUT2D eigenvalue weighted by atomic mass is 9.99. The number of carbonyl (C=O) groups excluding carboxylic acids is 1. The molecule has 0 radical (unpaired) electrons. The number of carbonyl (C=O) groups is 1. The number of ether oxygens (including phenoxy) is 4. The van der Waals surface area contributed by atoms with Crippen molar-refractivity contribution in [3.63, 3.8) is 0 Å². The molecule has 4 N–H and O–H groups in total. The summed E-state index contributed by atoms with van der Waals surface area (Å²) in [6.07, 6.45) is 40.2. The molecule has 0 aromatic carbocycles. The zero-order valence-electron chi connectivity index (χ0n) is 36.6. The number of esters is 1. The van der Waals surface area contributed by atoms with Gasteiger partial charge in [-0.3, -0.25) is 4.79 Å². The van der Waals surface area contributed by atoms with Crippen molar-refractivity contribution in [2.75, 3.05) is 26.4 Å². The highest BCUT2D eigenvalue weighted by Crippen LogP contribution is 2.22. The summed E-state index contributed by atoms with van der Waals surface area (Å²) in [5.41, 5.74) is 0. The Hall–Kier alpha value is -1.59. The molecule has 9 heteroatoms. The van der Waals surface area contributed by atoms with E-state index in [0.29, 0.717) is 13.0 Å². The summed E-state index contributed by atoms with van der Waals surface area (Å²) in [6, 6.07) is 0. The molecule has 1 aliphatic heterocycles. The van der Waals surface area contributed by atoms with Crippen molar-refractivity contribution in [3.8, 4) is 0 Å². The first kappa shape index (κ1) is 53.4. The van der Waals surface area contributed by atoms with Gasteiger partial charge in [0.05, 0.1) is 19.8 Å². The molecule has 9 nitrogen and oxygen atoms in total. The van der Waals surface area contributed by atoms with E-state index in [4.69, 9.17) is 18.9 Å². The van der Waals surface area contributed by atoms with Crippen molar-refractivity contribution in [2.24, 2.45) is 0 Å². The van der Waals surface area contributed by atoms with E-state index in [0.717, 1.165) is 57.8 Å². The number of hydrogen-bond acceptors (Lipinski definition) is 9. The molecule has 1 saturated heterocycles. The summed E-state index contributed by atoms with van der Waals surface area (Å²) in [6.45, 7) is 4.55. The molecule has 0 aromatic rings. The zero-order valence-corrected chi connectivity index (χ0v) is 36.6. The van der Waals surface area contributed by atoms with Crippen LogP contribution in [0, 0.1) is 0 Å². The summed E-state index contributed by atoms with van der Waals surface area (Å²) >= 11 is 0. The summed E-state index contributed by atoms with van der Waals surface area (Å²) < 4.78 is 22.8. The molecule has 1 rings (SSSR count). The van der Waals surface area contributed by atoms with Crippen molar-refractivity contribution < 1.29 is 44.2 Å². The van der Waals surface area contributed by atoms with E-state index in [1.807, 2.05) is 0 Å². The van der Waals surface area contributed by atoms with E-state index in [1.165, 1.54) is 122 Å². The average molecular weight is 809 g/mol. The zero-order chi connectivity index (χ0) is 41.4. The number of aliphatic hydroxyl groups is 4. The van der Waals surface area contributed by atoms with Crippen molar-refractivity contribution >= 4 is 5.97 Å². The van der Waals surface area contributed by atoms with E-state index < -0.39 is 43.4 Å². The van der Waals surface area contributed by atoms with Gasteiger partial charge in [-0.25, -0.2) is 0 Å². The van der Waals surface area contributed by atoms with Crippen LogP contribution in [0.5, 0.6) is 0 Å². The van der Waals surface area contributed by atoms with Gasteiger partial charge in [-0.15, -0.1) is 0 Å². The monoisotopic (exact) mass is 809 g/mol. The predicted octanol–water partition coefficient (Wildman–Crippen LogP) is 10.8. The quantitative estimate of drug-likeness (QED) is 0.0271. The molecule has 0 bridgehead atoms. The first-order chi connectivity index (χ1) is 27.9. The second-order valence-electron chi connectivity index (χ2n) is 16.2. The normalized spacial score (nSPS) is 20.7. The van der Waals surface area contributed by atoms with Gasteiger partial charge < -0.3 is 39.4 Å². The number of aliphatic hydroxyl groups excluding tert-OH is 4. The van der Waals surface area contributed by atoms with Crippen LogP contribution in [0.3, 0.4) is 0 Å². The first-order valence-corrected chi connectivity index (χ1v) is 23.6. The van der Waals surface area contributed by atoms with Gasteiger partial charge in [-0.1, -0.05) is 179 Å². The molecule has 1 heterocycles. The number of hydrogen-bond donors (Lipinski definition) is 4. The smallest absolute Gasteiger partial charge is 0.306 e. The van der Waals surface area contributed by atoms with Crippen molar-refractivity contribution in [1.29, 1.82) is 0 Å². The molecule has 57 heavy (non-hydrogen) atoms. The third-order valence-electron chi connectivity index (χ3n) is 10.8. The lowest BCUT2D eigenvalue weighted by Crippen LogP contribution is -2.59. The fourth-order valence-electron chi connectivity index (χ4n) is 7.09. The largest absolute Gasteiger partial charge is 0.457 e. The standard InChI is InChI=1S/C48H88O9/c1-3-5-7-9-11-13-15-17-18-19-20-21-22-23-24-25-27-29-31-33-35-37-44(50)56-42(41-55-48-47(53)46(52)45(51)43(39-49)57-48)40-54-38-36-34-32-30-28-26-16-14-12-10-8-6-4-2/h15,17,19-20,22-23,42-43,45-49,51-53H,3-14,16,18,21,24-41H2,1-2H3/b17-15-,20-19-,23-22-. The predicted molar refractivity (Wildman–Crippen MR) is 233 cm³/mol. The molecule has 1 aliphatic rings. The van der Waals surface area contributed by atoms with Crippen molar-refractivity contribution in [1.82, 2.24) is 0 Å². The van der Waals surface area contributed by atoms with E-state index in [2.05, 4.69) is 50.3 Å². The highest BCUT2D eigenvalue weighted by Gasteiger charge is 2.44. The van der Waals surface area contributed by atoms with Gasteiger partial charge in [0.15, 0.2) is 6.29 Å². The molecule has 0 saturated carbocycles. The van der Waals surface area contributed by atoms with E-state index in [9.17, 15) is 25.2 Å². The number of unbranched alkanes of at least 4 members (excludes halogenated alkanes) is 23. The maximum absolute atomic E-state index is 12.8. The molecule has 6 unspecified atom stereocenters. The summed E-state index contributed by atoms with van der Waals surface area (Å²) in [7, 11) is 0. The third kappa shape index (κ3) is 31.0. The third-order valence-corrected chi connectivity index (χ3v) is 10.8. The van der Waals surface area contributed by atoms with Crippen LogP contribution in [0.25, 0.3) is 0 Å². The van der Waals surface area contributed by atoms with Gasteiger partial charge in [-0.2, -0.15) is 0 Å². The minimum absolute atomic E-state index is 0.117. The fourth-order valence-corrected chi connectivity index (χ4v) is 7.09. The Balaban J connectivity index is 2.25. The second-order valence-corrected chi connectivity index (χ2v) is 16.2. The number of rotatable bonds is 40. The van der Waals surface area contributed by atoms with E-state index in [-0.39, 0.29) is 19.2 Å². The lowest BCUT2D eigenvalue weighted by Gasteiger charge is -2.39. The minimum Gasteiger partial charge on any atom is -0.457 e. The molecular formula is C48H88O9. The Labute approximate surface area is 349 Å². The van der Waals surface area contributed by atoms with Crippen LogP contribution < -0.4 is 0 Å². The Kier molecular flexibility index (Phi) is 37.4. The van der Waals surface area contributed by atoms with Gasteiger partial charge in [0.25, 0.3) is 0 Å². The minimum atomic E-state index is -1.54. The molecule has 0 aromatic heterocycles. The van der Waals surface area contributed by atoms with Crippen LogP contribution >= 0.6 is 0 Å². The van der Waals surface area contributed by atoms with Crippen LogP contribution in [0.15, 0.2) is 36.5 Å². The Morgan fingerprint density at radius 3 is 1.53 bits per heavy atom. The molecular weight excluding hydrogens is 721 g/mol. The molecule has 0 spiro atoms. The SMILES string of the molecule is CCCCCCC/C=C\C/C=C\C/C=C\CCCCCCCCC(=O)OC(COCCCCCCCCCCCCCCC)COC1OC(CO)C(O)C(O)C1O. The Morgan fingerprint density at radius 2 is 1.02 bits per heavy atom. The van der Waals surface area contributed by atoms with Gasteiger partial charge in [0.2, 0.25) is 0 Å². The van der Waals surface area contributed by atoms with Gasteiger partial charge in [0.1, 0.15) is 30.5 Å². The van der Waals surface area contributed by atoms with Crippen LogP contribution in [-0.2, 0) is 23.7 Å². The topological polar surface area (TPSA) is 135 Å². The summed E-state index contributed by atoms with van der Waals surface area (Å²) in [5.74, 6) is -0.324. The van der Waals surface area contributed by atoms with Crippen molar-refractivity contribution in [3.05, 3.63) is 36.5 Å². The van der Waals surface area contributed by atoms with Crippen LogP contribution in [0.2, 0.25) is 0 Å². The van der Waals surface area contributed by atoms with E-state index in [1.54, 1.807) is 0 Å². The van der Waals surface area contributed by atoms with Gasteiger partial charge >= 0.3 is 5.97 Å². The fraction of sp³-hybridized carbons (Fsp3) is 0.854. The lowest BCUT2D eigenvalue weighted by molar-refractivity contribution is -0.305. The van der Waals surface area contributed by atoms with Crippen molar-refractivity contribution in [2.45, 2.75) is 237 Å². The highest BCUT2D eigenvalue weighted by molar-refractivity contribution is 5.69. The number of allylic oxidation sites excluding steroid dienone is 6. The van der Waals surface area contributed by atoms with Crippen LogP contribution in [0.4, 0.5) is 0 Å². The second kappa shape index (κ2) is 39.8. The Bertz CT molecular complexity index is 968. The molecule has 1 fully saturated rings. The molecule has 0 amide bonds. The summed E-state index contributed by atoms with van der Waals surface area (Å²) in [4.78, 5) is 12.8. The Morgan fingerprint density at radius 1 is 0.561 bits per heavy atom. The average Bonchev–Trinajstić information content (AvgIpc) is 3.21. The van der Waals surface area contributed by atoms with Gasteiger partial charge in [-0.05, 0) is 51.4 Å². The van der Waals surface area contributed by atoms with E-state index >= 15 is 0 Å². The maximum Gasteiger partial charge on any atom is 0.306 e. The summed E-state index contributed by atoms with van der Waals surface area (Å²) in [5, 5.41) is 40.1. The molecule has 334 valence electrons. The first-order valence-electron chi connectivity index (χ1n) is 23.6. The van der Waals surface area contributed by atoms with Crippen LogP contribution in [0.1, 0.15) is 200 Å². The maximum atomic E-state index is 12.8. The van der Waals surface area contributed by atoms with Gasteiger partial charge in [0, 0.05) is 13.0 Å². The molecule has 6 atom stereocenters. The van der Waals surface area contributed by atoms with Crippen LogP contribution in [-0.4, -0.2) is 89.6 Å². The highest BCUT2D eigenvalue weighted by atomic mass is 16.7. The molecule has 0 aliphatic carbocycles.